The molecule has 4 nitrogen and oxygen atoms in total. The van der Waals surface area contributed by atoms with Crippen LogP contribution in [-0.2, 0) is 0 Å². The number of aryl methyl sites for hydroxylation is 4. The maximum absolute atomic E-state index is 5.55. The maximum atomic E-state index is 5.55. The molecule has 0 aliphatic heterocycles. The van der Waals surface area contributed by atoms with Crippen LogP contribution >= 0.6 is 24.4 Å². The highest BCUT2D eigenvalue weighted by Gasteiger charge is 2.22. The zero-order valence-corrected chi connectivity index (χ0v) is 19.9. The Balaban J connectivity index is 1.43. The van der Waals surface area contributed by atoms with E-state index in [9.17, 15) is 0 Å². The maximum Gasteiger partial charge on any atom is 0.171 e. The molecule has 2 aromatic rings. The average Bonchev–Trinajstić information content (AvgIpc) is 2.69. The molecule has 3 rings (SSSR count). The van der Waals surface area contributed by atoms with Crippen LogP contribution in [0.4, 0.5) is 11.4 Å². The topological polar surface area (TPSA) is 48.1 Å². The fraction of sp³-hybridized carbons (Fsp3) is 0.417. The van der Waals surface area contributed by atoms with Crippen molar-refractivity contribution in [2.75, 3.05) is 10.6 Å². The standard InChI is InChI=1S/C24H32N4S2/c1-15-5-7-17(3)21(13-15)27-23(29)25-19-9-11-20(12-10-19)26-24(30)28-22-14-16(2)6-8-18(22)4/h5-8,13-14,19-20H,9-12H2,1-4H3,(H2,25,27,29)(H2,26,28,30). The van der Waals surface area contributed by atoms with E-state index in [-0.39, 0.29) is 0 Å². The lowest BCUT2D eigenvalue weighted by atomic mass is 9.91. The first-order valence-electron chi connectivity index (χ1n) is 10.6. The molecule has 0 saturated heterocycles. The molecule has 0 radical (unpaired) electrons. The number of thiocarbonyl (C=S) groups is 2. The van der Waals surface area contributed by atoms with E-state index < -0.39 is 0 Å². The largest absolute Gasteiger partial charge is 0.360 e. The summed E-state index contributed by atoms with van der Waals surface area (Å²) < 4.78 is 0. The summed E-state index contributed by atoms with van der Waals surface area (Å²) in [5, 5.41) is 15.1. The van der Waals surface area contributed by atoms with Crippen molar-refractivity contribution in [3.05, 3.63) is 58.7 Å². The predicted octanol–water partition coefficient (Wildman–Crippen LogP) is 5.50. The van der Waals surface area contributed by atoms with Crippen molar-refractivity contribution in [2.24, 2.45) is 0 Å². The lowest BCUT2D eigenvalue weighted by Gasteiger charge is -2.31. The van der Waals surface area contributed by atoms with Crippen molar-refractivity contribution in [1.29, 1.82) is 0 Å². The molecule has 0 heterocycles. The number of hydrogen-bond donors (Lipinski definition) is 4. The average molecular weight is 441 g/mol. The van der Waals surface area contributed by atoms with Crippen molar-refractivity contribution in [2.45, 2.75) is 65.5 Å². The van der Waals surface area contributed by atoms with Gasteiger partial charge in [0.05, 0.1) is 0 Å². The summed E-state index contributed by atoms with van der Waals surface area (Å²) in [5.41, 5.74) is 6.99. The number of benzene rings is 2. The van der Waals surface area contributed by atoms with Crippen molar-refractivity contribution in [3.63, 3.8) is 0 Å². The fourth-order valence-electron chi connectivity index (χ4n) is 3.81. The second kappa shape index (κ2) is 10.2. The van der Waals surface area contributed by atoms with Gasteiger partial charge in [0.15, 0.2) is 10.2 Å². The molecule has 1 aliphatic rings. The molecule has 0 bridgehead atoms. The molecule has 4 N–H and O–H groups in total. The number of hydrogen-bond acceptors (Lipinski definition) is 2. The Morgan fingerprint density at radius 3 is 1.40 bits per heavy atom. The summed E-state index contributed by atoms with van der Waals surface area (Å²) in [5.74, 6) is 0. The van der Waals surface area contributed by atoms with Gasteiger partial charge in [-0.1, -0.05) is 24.3 Å². The Labute approximate surface area is 191 Å². The Morgan fingerprint density at radius 1 is 0.667 bits per heavy atom. The summed E-state index contributed by atoms with van der Waals surface area (Å²) in [4.78, 5) is 0. The van der Waals surface area contributed by atoms with Crippen LogP contribution in [0.25, 0.3) is 0 Å². The molecule has 2 aromatic carbocycles. The van der Waals surface area contributed by atoms with Gasteiger partial charge in [0.2, 0.25) is 0 Å². The first kappa shape index (κ1) is 22.5. The molecular formula is C24H32N4S2. The molecule has 6 heteroatoms. The third-order valence-corrected chi connectivity index (χ3v) is 6.12. The van der Waals surface area contributed by atoms with Crippen LogP contribution in [-0.4, -0.2) is 22.3 Å². The highest BCUT2D eigenvalue weighted by molar-refractivity contribution is 7.80. The van der Waals surface area contributed by atoms with Gasteiger partial charge in [-0.25, -0.2) is 0 Å². The van der Waals surface area contributed by atoms with Gasteiger partial charge in [0.25, 0.3) is 0 Å². The van der Waals surface area contributed by atoms with Gasteiger partial charge < -0.3 is 21.3 Å². The van der Waals surface area contributed by atoms with E-state index in [4.69, 9.17) is 24.4 Å². The summed E-state index contributed by atoms with van der Waals surface area (Å²) in [6, 6.07) is 13.5. The van der Waals surface area contributed by atoms with Crippen molar-refractivity contribution in [3.8, 4) is 0 Å². The first-order chi connectivity index (χ1) is 14.3. The quantitative estimate of drug-likeness (QED) is 0.471. The molecule has 0 amide bonds. The summed E-state index contributed by atoms with van der Waals surface area (Å²) >= 11 is 11.1. The second-order valence-corrected chi connectivity index (χ2v) is 9.20. The van der Waals surface area contributed by atoms with Crippen LogP contribution in [0.5, 0.6) is 0 Å². The monoisotopic (exact) mass is 440 g/mol. The van der Waals surface area contributed by atoms with E-state index in [1.54, 1.807) is 0 Å². The minimum atomic E-state index is 0.397. The van der Waals surface area contributed by atoms with Gasteiger partial charge in [0, 0.05) is 23.5 Å². The van der Waals surface area contributed by atoms with E-state index in [0.29, 0.717) is 22.3 Å². The first-order valence-corrected chi connectivity index (χ1v) is 11.4. The highest BCUT2D eigenvalue weighted by Crippen LogP contribution is 2.21. The number of rotatable bonds is 4. The SMILES string of the molecule is Cc1ccc(C)c(NC(=S)NC2CCC(NC(=S)Nc3cc(C)ccc3C)CC2)c1. The van der Waals surface area contributed by atoms with Crippen LogP contribution in [0.15, 0.2) is 36.4 Å². The molecule has 0 unspecified atom stereocenters. The second-order valence-electron chi connectivity index (χ2n) is 8.38. The van der Waals surface area contributed by atoms with Crippen molar-refractivity contribution in [1.82, 2.24) is 10.6 Å². The van der Waals surface area contributed by atoms with E-state index in [2.05, 4.69) is 85.4 Å². The number of nitrogens with one attached hydrogen (secondary N) is 4. The third kappa shape index (κ3) is 6.41. The smallest absolute Gasteiger partial charge is 0.171 e. The van der Waals surface area contributed by atoms with Gasteiger partial charge in [-0.15, -0.1) is 0 Å². The van der Waals surface area contributed by atoms with Crippen molar-refractivity contribution < 1.29 is 0 Å². The van der Waals surface area contributed by atoms with Crippen LogP contribution in [0.2, 0.25) is 0 Å². The van der Waals surface area contributed by atoms with Crippen LogP contribution in [0, 0.1) is 27.7 Å². The minimum absolute atomic E-state index is 0.397. The van der Waals surface area contributed by atoms with E-state index in [0.717, 1.165) is 37.1 Å². The van der Waals surface area contributed by atoms with Crippen LogP contribution in [0.3, 0.4) is 0 Å². The van der Waals surface area contributed by atoms with Gasteiger partial charge in [-0.2, -0.15) is 0 Å². The van der Waals surface area contributed by atoms with E-state index in [1.807, 2.05) is 0 Å². The third-order valence-electron chi connectivity index (χ3n) is 5.68. The van der Waals surface area contributed by atoms with Gasteiger partial charge in [-0.05, 0) is 112 Å². The molecule has 1 saturated carbocycles. The molecule has 1 aliphatic carbocycles. The molecule has 0 atom stereocenters. The molecule has 1 fully saturated rings. The fourth-order valence-corrected chi connectivity index (χ4v) is 4.36. The Kier molecular flexibility index (Phi) is 7.67. The molecule has 0 aromatic heterocycles. The van der Waals surface area contributed by atoms with Gasteiger partial charge >= 0.3 is 0 Å². The minimum Gasteiger partial charge on any atom is -0.360 e. The molecule has 0 spiro atoms. The Hall–Kier alpha value is -2.18. The predicted molar refractivity (Wildman–Crippen MR) is 137 cm³/mol. The van der Waals surface area contributed by atoms with Gasteiger partial charge in [-0.3, -0.25) is 0 Å². The molecular weight excluding hydrogens is 408 g/mol. The normalized spacial score (nSPS) is 18.4. The highest BCUT2D eigenvalue weighted by atomic mass is 32.1. The van der Waals surface area contributed by atoms with Crippen LogP contribution < -0.4 is 21.3 Å². The Morgan fingerprint density at radius 2 is 1.03 bits per heavy atom. The van der Waals surface area contributed by atoms with Gasteiger partial charge in [0.1, 0.15) is 0 Å². The Bertz CT molecular complexity index is 842. The van der Waals surface area contributed by atoms with Crippen molar-refractivity contribution >= 4 is 46.0 Å². The summed E-state index contributed by atoms with van der Waals surface area (Å²) in [6.45, 7) is 8.37. The van der Waals surface area contributed by atoms with E-state index in [1.165, 1.54) is 22.3 Å². The molecule has 160 valence electrons. The lowest BCUT2D eigenvalue weighted by molar-refractivity contribution is 0.356. The lowest BCUT2D eigenvalue weighted by Crippen LogP contribution is -2.45. The van der Waals surface area contributed by atoms with E-state index >= 15 is 0 Å². The summed E-state index contributed by atoms with van der Waals surface area (Å²) in [6.07, 6.45) is 4.27. The van der Waals surface area contributed by atoms with Crippen LogP contribution in [0.1, 0.15) is 47.9 Å². The zero-order chi connectivity index (χ0) is 21.7. The zero-order valence-electron chi connectivity index (χ0n) is 18.3. The summed E-state index contributed by atoms with van der Waals surface area (Å²) in [7, 11) is 0. The number of anilines is 2. The molecule has 30 heavy (non-hydrogen) atoms.